The van der Waals surface area contributed by atoms with Crippen molar-refractivity contribution in [3.8, 4) is 0 Å². The quantitative estimate of drug-likeness (QED) is 0.374. The minimum atomic E-state index is -0.369. The molecule has 1 heterocycles. The van der Waals surface area contributed by atoms with Crippen molar-refractivity contribution >= 4 is 29.9 Å². The third-order valence-corrected chi connectivity index (χ3v) is 5.22. The Bertz CT molecular complexity index is 762. The van der Waals surface area contributed by atoms with Crippen molar-refractivity contribution in [1.82, 2.24) is 10.2 Å². The van der Waals surface area contributed by atoms with E-state index >= 15 is 0 Å². The lowest BCUT2D eigenvalue weighted by atomic mass is 9.90. The molecular weight excluding hydrogens is 468 g/mol. The Kier molecular flexibility index (Phi) is 9.18. The van der Waals surface area contributed by atoms with Gasteiger partial charge in [-0.2, -0.15) is 0 Å². The lowest BCUT2D eigenvalue weighted by molar-refractivity contribution is 0.259. The molecule has 152 valence electrons. The van der Waals surface area contributed by atoms with Crippen molar-refractivity contribution in [2.24, 2.45) is 10.9 Å². The summed E-state index contributed by atoms with van der Waals surface area (Å²) >= 11 is 0. The van der Waals surface area contributed by atoms with Crippen molar-refractivity contribution < 1.29 is 9.50 Å². The van der Waals surface area contributed by atoms with E-state index in [1.165, 1.54) is 11.6 Å². The number of aliphatic hydroxyl groups is 1. The highest BCUT2D eigenvalue weighted by Crippen LogP contribution is 2.21. The van der Waals surface area contributed by atoms with E-state index in [-0.39, 0.29) is 36.4 Å². The van der Waals surface area contributed by atoms with Crippen LogP contribution in [0.4, 0.5) is 4.39 Å². The summed E-state index contributed by atoms with van der Waals surface area (Å²) in [5.41, 5.74) is 2.67. The summed E-state index contributed by atoms with van der Waals surface area (Å²) in [6.45, 7) is 2.25. The van der Waals surface area contributed by atoms with Crippen molar-refractivity contribution in [3.63, 3.8) is 0 Å². The van der Waals surface area contributed by atoms with E-state index < -0.39 is 0 Å². The van der Waals surface area contributed by atoms with Crippen LogP contribution in [-0.4, -0.2) is 36.1 Å². The van der Waals surface area contributed by atoms with E-state index in [1.807, 2.05) is 0 Å². The predicted molar refractivity (Wildman–Crippen MR) is 122 cm³/mol. The third kappa shape index (κ3) is 6.17. The molecule has 0 saturated carbocycles. The third-order valence-electron chi connectivity index (χ3n) is 5.22. The number of nitrogens with one attached hydrogen (secondary N) is 1. The summed E-state index contributed by atoms with van der Waals surface area (Å²) in [4.78, 5) is 6.69. The van der Waals surface area contributed by atoms with E-state index in [2.05, 4.69) is 45.5 Å². The first-order chi connectivity index (χ1) is 13.2. The lowest BCUT2D eigenvalue weighted by Gasteiger charge is -2.34. The molecule has 0 aromatic heterocycles. The van der Waals surface area contributed by atoms with Crippen LogP contribution in [0.1, 0.15) is 29.5 Å². The number of aliphatic imine (C=N–C) groups is 1. The van der Waals surface area contributed by atoms with Gasteiger partial charge in [0.15, 0.2) is 5.96 Å². The van der Waals surface area contributed by atoms with Crippen molar-refractivity contribution in [3.05, 3.63) is 71.0 Å². The van der Waals surface area contributed by atoms with Gasteiger partial charge in [-0.3, -0.25) is 4.99 Å². The Labute approximate surface area is 183 Å². The molecule has 0 radical (unpaired) electrons. The highest BCUT2D eigenvalue weighted by Gasteiger charge is 2.21. The number of likely N-dealkylation sites (tertiary alicyclic amines) is 1. The molecular formula is C22H29FIN3O. The van der Waals surface area contributed by atoms with Gasteiger partial charge in [-0.25, -0.2) is 4.39 Å². The molecule has 1 saturated heterocycles. The summed E-state index contributed by atoms with van der Waals surface area (Å²) in [6.07, 6.45) is 3.45. The maximum absolute atomic E-state index is 13.5. The summed E-state index contributed by atoms with van der Waals surface area (Å²) in [6, 6.07) is 15.5. The second-order valence-corrected chi connectivity index (χ2v) is 7.10. The molecule has 6 heteroatoms. The fourth-order valence-electron chi connectivity index (χ4n) is 3.67. The molecule has 4 nitrogen and oxygen atoms in total. The number of nitrogens with zero attached hydrogens (tertiary/aromatic N) is 2. The molecule has 3 rings (SSSR count). The molecule has 1 fully saturated rings. The summed E-state index contributed by atoms with van der Waals surface area (Å²) < 4.78 is 13.5. The highest BCUT2D eigenvalue weighted by atomic mass is 127. The van der Waals surface area contributed by atoms with Crippen LogP contribution in [0.5, 0.6) is 0 Å². The number of benzene rings is 2. The van der Waals surface area contributed by atoms with E-state index in [9.17, 15) is 9.50 Å². The van der Waals surface area contributed by atoms with Gasteiger partial charge >= 0.3 is 0 Å². The van der Waals surface area contributed by atoms with Crippen LogP contribution in [-0.2, 0) is 19.6 Å². The first kappa shape index (κ1) is 22.6. The van der Waals surface area contributed by atoms with E-state index in [1.54, 1.807) is 19.2 Å². The van der Waals surface area contributed by atoms with Gasteiger partial charge in [0.1, 0.15) is 5.82 Å². The molecule has 0 amide bonds. The first-order valence-electron chi connectivity index (χ1n) is 9.57. The molecule has 2 aromatic carbocycles. The predicted octanol–water partition coefficient (Wildman–Crippen LogP) is 3.97. The largest absolute Gasteiger partial charge is 0.392 e. The second-order valence-electron chi connectivity index (χ2n) is 7.10. The molecule has 0 aliphatic carbocycles. The van der Waals surface area contributed by atoms with Crippen molar-refractivity contribution in [2.45, 2.75) is 32.4 Å². The van der Waals surface area contributed by atoms with Crippen LogP contribution in [0.2, 0.25) is 0 Å². The molecule has 1 aliphatic rings. The highest BCUT2D eigenvalue weighted by molar-refractivity contribution is 14.0. The fourth-order valence-corrected chi connectivity index (χ4v) is 3.67. The Morgan fingerprint density at radius 3 is 2.50 bits per heavy atom. The number of piperidine rings is 1. The smallest absolute Gasteiger partial charge is 0.193 e. The second kappa shape index (κ2) is 11.4. The Morgan fingerprint density at radius 1 is 1.14 bits per heavy atom. The maximum atomic E-state index is 13.5. The maximum Gasteiger partial charge on any atom is 0.193 e. The zero-order chi connectivity index (χ0) is 19.1. The summed E-state index contributed by atoms with van der Waals surface area (Å²) in [7, 11) is 1.79. The number of hydrogen-bond acceptors (Lipinski definition) is 2. The van der Waals surface area contributed by atoms with Crippen molar-refractivity contribution in [1.29, 1.82) is 0 Å². The molecule has 0 unspecified atom stereocenters. The summed E-state index contributed by atoms with van der Waals surface area (Å²) in [5.74, 6) is 1.22. The van der Waals surface area contributed by atoms with Gasteiger partial charge in [-0.1, -0.05) is 36.4 Å². The van der Waals surface area contributed by atoms with Gasteiger partial charge in [0.25, 0.3) is 0 Å². The Balaban J connectivity index is 0.00000280. The molecule has 28 heavy (non-hydrogen) atoms. The van der Waals surface area contributed by atoms with Gasteiger partial charge in [0, 0.05) is 32.2 Å². The number of aliphatic hydroxyl groups excluding tert-OH is 1. The minimum Gasteiger partial charge on any atom is -0.392 e. The summed E-state index contributed by atoms with van der Waals surface area (Å²) in [5, 5.41) is 12.6. The van der Waals surface area contributed by atoms with Gasteiger partial charge in [0.05, 0.1) is 6.61 Å². The molecule has 2 aromatic rings. The van der Waals surface area contributed by atoms with Gasteiger partial charge in [0.2, 0.25) is 0 Å². The van der Waals surface area contributed by atoms with Crippen LogP contribution in [0.15, 0.2) is 53.5 Å². The van der Waals surface area contributed by atoms with Gasteiger partial charge in [-0.05, 0) is 48.4 Å². The number of guanidine groups is 1. The van der Waals surface area contributed by atoms with Gasteiger partial charge < -0.3 is 15.3 Å². The van der Waals surface area contributed by atoms with Gasteiger partial charge in [-0.15, -0.1) is 24.0 Å². The minimum absolute atomic E-state index is 0. The molecule has 0 atom stereocenters. The average Bonchev–Trinajstić information content (AvgIpc) is 2.71. The van der Waals surface area contributed by atoms with E-state index in [0.717, 1.165) is 43.9 Å². The molecule has 0 bridgehead atoms. The topological polar surface area (TPSA) is 47.9 Å². The fraction of sp³-hybridized carbons (Fsp3) is 0.409. The first-order valence-corrected chi connectivity index (χ1v) is 9.57. The lowest BCUT2D eigenvalue weighted by Crippen LogP contribution is -2.45. The molecule has 2 N–H and O–H groups in total. The monoisotopic (exact) mass is 497 g/mol. The van der Waals surface area contributed by atoms with Crippen LogP contribution in [0, 0.1) is 11.7 Å². The Hall–Kier alpha value is -1.67. The van der Waals surface area contributed by atoms with Crippen LogP contribution < -0.4 is 5.32 Å². The zero-order valence-corrected chi connectivity index (χ0v) is 18.6. The normalized spacial score (nSPS) is 15.2. The Morgan fingerprint density at radius 2 is 1.86 bits per heavy atom. The molecule has 0 spiro atoms. The number of rotatable bonds is 5. The van der Waals surface area contributed by atoms with E-state index in [4.69, 9.17) is 0 Å². The van der Waals surface area contributed by atoms with Crippen LogP contribution in [0.3, 0.4) is 0 Å². The number of hydrogen-bond donors (Lipinski definition) is 2. The number of halogens is 2. The zero-order valence-electron chi connectivity index (χ0n) is 16.3. The van der Waals surface area contributed by atoms with E-state index in [0.29, 0.717) is 18.0 Å². The van der Waals surface area contributed by atoms with Crippen LogP contribution >= 0.6 is 24.0 Å². The average molecular weight is 497 g/mol. The van der Waals surface area contributed by atoms with Crippen LogP contribution in [0.25, 0.3) is 0 Å². The SMILES string of the molecule is CN=C(NCc1ccc(F)c(CO)c1)N1CCC(Cc2ccccc2)CC1.I. The van der Waals surface area contributed by atoms with Crippen molar-refractivity contribution in [2.75, 3.05) is 20.1 Å². The molecule has 1 aliphatic heterocycles. The standard InChI is InChI=1S/C22H28FN3O.HI/c1-24-22(25-15-19-7-8-21(23)20(14-19)16-27)26-11-9-18(10-12-26)13-17-5-3-2-4-6-17;/h2-8,14,18,27H,9-13,15-16H2,1H3,(H,24,25);1H.